The van der Waals surface area contributed by atoms with Gasteiger partial charge in [0.1, 0.15) is 0 Å². The van der Waals surface area contributed by atoms with Crippen molar-refractivity contribution >= 4 is 11.6 Å². The van der Waals surface area contributed by atoms with Gasteiger partial charge < -0.3 is 10.6 Å². The number of hydrogen-bond acceptors (Lipinski definition) is 4. The maximum absolute atomic E-state index is 11.3. The minimum atomic E-state index is -0.656. The Morgan fingerprint density at radius 3 is 2.65 bits per heavy atom. The minimum Gasteiger partial charge on any atom is -0.382 e. The number of rotatable bonds is 5. The van der Waals surface area contributed by atoms with E-state index in [9.17, 15) is 4.79 Å². The highest BCUT2D eigenvalue weighted by Crippen LogP contribution is 2.28. The summed E-state index contributed by atoms with van der Waals surface area (Å²) >= 11 is 0. The molecule has 2 aliphatic heterocycles. The largest absolute Gasteiger partial charge is 0.382 e. The van der Waals surface area contributed by atoms with Gasteiger partial charge in [0.2, 0.25) is 6.10 Å². The van der Waals surface area contributed by atoms with Crippen LogP contribution in [0, 0.1) is 0 Å². The Hall–Kier alpha value is -2.66. The van der Waals surface area contributed by atoms with Crippen LogP contribution in [0.15, 0.2) is 53.7 Å². The summed E-state index contributed by atoms with van der Waals surface area (Å²) in [4.78, 5) is 19.0. The third kappa shape index (κ3) is 3.48. The fraction of sp³-hybridized carbons (Fsp3) is 0.333. The summed E-state index contributed by atoms with van der Waals surface area (Å²) in [5.74, 6) is -0.476. The number of nitrogens with two attached hydrogens (primary N) is 1. The van der Waals surface area contributed by atoms with Gasteiger partial charge >= 0.3 is 0 Å². The lowest BCUT2D eigenvalue weighted by atomic mass is 9.95. The van der Waals surface area contributed by atoms with E-state index in [0.29, 0.717) is 6.42 Å². The molecule has 5 nitrogen and oxygen atoms in total. The maximum Gasteiger partial charge on any atom is 0.261 e. The van der Waals surface area contributed by atoms with Crippen molar-refractivity contribution in [2.45, 2.75) is 31.9 Å². The second-order valence-corrected chi connectivity index (χ2v) is 6.96. The van der Waals surface area contributed by atoms with Crippen molar-refractivity contribution in [2.24, 2.45) is 10.9 Å². The first-order valence-electron chi connectivity index (χ1n) is 9.14. The lowest BCUT2D eigenvalue weighted by Gasteiger charge is -2.18. The van der Waals surface area contributed by atoms with Crippen LogP contribution >= 0.6 is 0 Å². The van der Waals surface area contributed by atoms with Crippen LogP contribution < -0.4 is 5.73 Å². The fourth-order valence-electron chi connectivity index (χ4n) is 3.69. The Balaban J connectivity index is 1.60. The van der Waals surface area contributed by atoms with Crippen LogP contribution in [0.4, 0.5) is 0 Å². The Morgan fingerprint density at radius 2 is 1.88 bits per heavy atom. The lowest BCUT2D eigenvalue weighted by molar-refractivity contribution is -0.127. The quantitative estimate of drug-likeness (QED) is 0.902. The zero-order valence-electron chi connectivity index (χ0n) is 14.7. The van der Waals surface area contributed by atoms with Gasteiger partial charge in [-0.3, -0.25) is 9.69 Å². The van der Waals surface area contributed by atoms with E-state index in [4.69, 9.17) is 10.6 Å². The molecule has 0 spiro atoms. The van der Waals surface area contributed by atoms with E-state index in [1.165, 1.54) is 37.1 Å². The van der Waals surface area contributed by atoms with Crippen LogP contribution in [0.25, 0.3) is 11.1 Å². The van der Waals surface area contributed by atoms with E-state index < -0.39 is 12.0 Å². The first-order chi connectivity index (χ1) is 12.7. The van der Waals surface area contributed by atoms with Gasteiger partial charge in [-0.25, -0.2) is 0 Å². The molecule has 1 fully saturated rings. The molecule has 1 unspecified atom stereocenters. The zero-order chi connectivity index (χ0) is 17.9. The van der Waals surface area contributed by atoms with Gasteiger partial charge in [-0.1, -0.05) is 47.6 Å². The normalized spacial score (nSPS) is 20.0. The summed E-state index contributed by atoms with van der Waals surface area (Å²) in [6.07, 6.45) is 2.35. The first kappa shape index (κ1) is 16.8. The number of carbonyl (C=O) groups excluding carboxylic acids is 1. The molecule has 1 atom stereocenters. The van der Waals surface area contributed by atoms with Gasteiger partial charge in [-0.05, 0) is 48.7 Å². The molecule has 2 aliphatic rings. The van der Waals surface area contributed by atoms with Gasteiger partial charge in [0.15, 0.2) is 0 Å². The van der Waals surface area contributed by atoms with Gasteiger partial charge in [0.05, 0.1) is 5.71 Å². The van der Waals surface area contributed by atoms with Crippen LogP contribution in [0.3, 0.4) is 0 Å². The molecular weight excluding hydrogens is 326 g/mol. The first-order valence-corrected chi connectivity index (χ1v) is 9.14. The molecule has 2 N–H and O–H groups in total. The smallest absolute Gasteiger partial charge is 0.261 e. The molecule has 0 aliphatic carbocycles. The SMILES string of the molecule is NC(=O)C1CC(c2cccc(-c3ccccc3CN3CCCC3)c2)=NO1. The maximum atomic E-state index is 11.3. The highest BCUT2D eigenvalue weighted by Gasteiger charge is 2.27. The third-order valence-electron chi connectivity index (χ3n) is 5.10. The highest BCUT2D eigenvalue weighted by molar-refractivity contribution is 6.04. The topological polar surface area (TPSA) is 67.9 Å². The van der Waals surface area contributed by atoms with E-state index in [1.54, 1.807) is 0 Å². The predicted octanol–water partition coefficient (Wildman–Crippen LogP) is 2.93. The molecule has 0 aromatic heterocycles. The number of nitrogens with zero attached hydrogens (tertiary/aromatic N) is 2. The van der Waals surface area contributed by atoms with Crippen molar-refractivity contribution in [1.29, 1.82) is 0 Å². The summed E-state index contributed by atoms with van der Waals surface area (Å²) < 4.78 is 0. The molecule has 0 bridgehead atoms. The zero-order valence-corrected chi connectivity index (χ0v) is 14.7. The summed E-state index contributed by atoms with van der Waals surface area (Å²) in [5.41, 5.74) is 10.8. The molecule has 2 heterocycles. The molecule has 1 amide bonds. The molecule has 0 radical (unpaired) electrons. The van der Waals surface area contributed by atoms with Crippen LogP contribution in [-0.4, -0.2) is 35.7 Å². The van der Waals surface area contributed by atoms with Crippen LogP contribution in [0.1, 0.15) is 30.4 Å². The van der Waals surface area contributed by atoms with Gasteiger partial charge in [-0.2, -0.15) is 0 Å². The van der Waals surface area contributed by atoms with E-state index in [1.807, 2.05) is 12.1 Å². The number of primary amides is 1. The average molecular weight is 349 g/mol. The molecule has 2 aromatic carbocycles. The number of hydrogen-bond donors (Lipinski definition) is 1. The van der Waals surface area contributed by atoms with Crippen molar-refractivity contribution < 1.29 is 9.63 Å². The van der Waals surface area contributed by atoms with Crippen LogP contribution in [0.5, 0.6) is 0 Å². The molecule has 26 heavy (non-hydrogen) atoms. The summed E-state index contributed by atoms with van der Waals surface area (Å²) in [5, 5.41) is 4.06. The Bertz CT molecular complexity index is 841. The van der Waals surface area contributed by atoms with Crippen LogP contribution in [-0.2, 0) is 16.2 Å². The fourth-order valence-corrected chi connectivity index (χ4v) is 3.69. The lowest BCUT2D eigenvalue weighted by Crippen LogP contribution is -2.28. The number of oxime groups is 1. The predicted molar refractivity (Wildman–Crippen MR) is 102 cm³/mol. The number of likely N-dealkylation sites (tertiary alicyclic amines) is 1. The Kier molecular flexibility index (Phi) is 4.71. The molecule has 4 rings (SSSR count). The second-order valence-electron chi connectivity index (χ2n) is 6.96. The number of carbonyl (C=O) groups is 1. The molecule has 0 saturated carbocycles. The molecule has 1 saturated heterocycles. The monoisotopic (exact) mass is 349 g/mol. The van der Waals surface area contributed by atoms with Crippen molar-refractivity contribution in [2.75, 3.05) is 13.1 Å². The molecule has 5 heteroatoms. The van der Waals surface area contributed by atoms with Crippen molar-refractivity contribution in [3.63, 3.8) is 0 Å². The summed E-state index contributed by atoms with van der Waals surface area (Å²) in [6, 6.07) is 16.8. The van der Waals surface area contributed by atoms with E-state index in [2.05, 4.69) is 46.5 Å². The van der Waals surface area contributed by atoms with Crippen molar-refractivity contribution in [3.05, 3.63) is 59.7 Å². The summed E-state index contributed by atoms with van der Waals surface area (Å²) in [6.45, 7) is 3.34. The van der Waals surface area contributed by atoms with Gasteiger partial charge in [-0.15, -0.1) is 0 Å². The van der Waals surface area contributed by atoms with Gasteiger partial charge in [0.25, 0.3) is 5.91 Å². The Morgan fingerprint density at radius 1 is 1.12 bits per heavy atom. The standard InChI is InChI=1S/C21H23N3O2/c22-21(25)20-13-19(23-26-20)16-8-5-7-15(12-16)18-9-2-1-6-17(18)14-24-10-3-4-11-24/h1-2,5-9,12,20H,3-4,10-11,13-14H2,(H2,22,25). The van der Waals surface area contributed by atoms with E-state index >= 15 is 0 Å². The minimum absolute atomic E-state index is 0.425. The second kappa shape index (κ2) is 7.30. The van der Waals surface area contributed by atoms with Crippen LogP contribution in [0.2, 0.25) is 0 Å². The summed E-state index contributed by atoms with van der Waals surface area (Å²) in [7, 11) is 0. The number of amides is 1. The van der Waals surface area contributed by atoms with E-state index in [-0.39, 0.29) is 0 Å². The molecule has 2 aromatic rings. The average Bonchev–Trinajstić information content (AvgIpc) is 3.34. The van der Waals surface area contributed by atoms with Gasteiger partial charge in [0, 0.05) is 18.5 Å². The van der Waals surface area contributed by atoms with Crippen molar-refractivity contribution in [1.82, 2.24) is 4.90 Å². The molecule has 134 valence electrons. The van der Waals surface area contributed by atoms with E-state index in [0.717, 1.165) is 23.4 Å². The number of benzene rings is 2. The highest BCUT2D eigenvalue weighted by atomic mass is 16.6. The Labute approximate surface area is 153 Å². The third-order valence-corrected chi connectivity index (χ3v) is 5.10. The van der Waals surface area contributed by atoms with Crippen molar-refractivity contribution in [3.8, 4) is 11.1 Å². The molecular formula is C21H23N3O2.